The molecule has 53 heavy (non-hydrogen) atoms. The summed E-state index contributed by atoms with van der Waals surface area (Å²) in [5, 5.41) is 50.1. The average molecular weight is 778 g/mol. The SMILES string of the molecule is Nc1cc(N)c(S(=O)(=O)O)cc1N=Nc1ccc2cc(SOOO)c(N=Nc3ccc(N=Nc4cccnc4)c4ccc(S(=O)(=O)O)cc34)c(O)c2c1. The number of benzene rings is 5. The van der Waals surface area contributed by atoms with Crippen molar-refractivity contribution in [1.82, 2.24) is 4.98 Å². The molecule has 1 aromatic heterocycles. The van der Waals surface area contributed by atoms with Gasteiger partial charge in [-0.15, -0.1) is 29.9 Å². The summed E-state index contributed by atoms with van der Waals surface area (Å²) in [5.41, 5.74) is 12.0. The van der Waals surface area contributed by atoms with E-state index in [0.29, 0.717) is 34.2 Å². The maximum absolute atomic E-state index is 12.0. The molecule has 0 bridgehead atoms. The minimum atomic E-state index is -4.69. The van der Waals surface area contributed by atoms with Crippen molar-refractivity contribution in [3.63, 3.8) is 0 Å². The number of rotatable bonds is 11. The maximum atomic E-state index is 12.0. The zero-order valence-corrected chi connectivity index (χ0v) is 28.9. The minimum Gasteiger partial charge on any atom is -0.505 e. The fraction of sp³-hybridized carbons (Fsp3) is 0. The molecule has 0 spiro atoms. The third-order valence-corrected chi connectivity index (χ3v) is 9.70. The number of fused-ring (bicyclic) bond motifs is 2. The van der Waals surface area contributed by atoms with Gasteiger partial charge in [-0.25, -0.2) is 5.26 Å². The second kappa shape index (κ2) is 14.9. The van der Waals surface area contributed by atoms with Gasteiger partial charge in [-0.05, 0) is 72.1 Å². The Bertz CT molecular complexity index is 2710. The van der Waals surface area contributed by atoms with Crippen LogP contribution in [0.3, 0.4) is 0 Å². The number of azo groups is 3. The average Bonchev–Trinajstić information content (AvgIpc) is 3.12. The van der Waals surface area contributed by atoms with Gasteiger partial charge in [0.05, 0.1) is 56.5 Å². The molecule has 19 nitrogen and oxygen atoms in total. The van der Waals surface area contributed by atoms with Crippen LogP contribution in [0.4, 0.5) is 45.5 Å². The quantitative estimate of drug-likeness (QED) is 0.0180. The lowest BCUT2D eigenvalue weighted by molar-refractivity contribution is -0.432. The highest BCUT2D eigenvalue weighted by Gasteiger charge is 2.19. The lowest BCUT2D eigenvalue weighted by Crippen LogP contribution is -2.04. The fourth-order valence-electron chi connectivity index (χ4n) is 4.89. The Morgan fingerprint density at radius 3 is 2.09 bits per heavy atom. The Morgan fingerprint density at radius 2 is 1.40 bits per heavy atom. The van der Waals surface area contributed by atoms with Crippen LogP contribution < -0.4 is 11.5 Å². The standard InChI is InChI=1S/C31H23N9O10S3/c32-23-13-24(33)29(53(46,47)48)14-27(23)39-35-17-4-3-16-10-28(51-50-49-42)30(31(41)21(16)11-17)40-38-26-8-7-25(37-36-18-2-1-9-34-15-18)20-6-5-19(12-22(20)26)52(43,44)45/h1-15,41-42H,32-33H2,(H,43,44,45)(H,46,47,48). The van der Waals surface area contributed by atoms with Crippen LogP contribution in [0.2, 0.25) is 0 Å². The van der Waals surface area contributed by atoms with Crippen molar-refractivity contribution < 1.29 is 45.7 Å². The first kappa shape index (κ1) is 36.8. The third kappa shape index (κ3) is 8.24. The Kier molecular flexibility index (Phi) is 10.4. The van der Waals surface area contributed by atoms with Gasteiger partial charge >= 0.3 is 0 Å². The summed E-state index contributed by atoms with van der Waals surface area (Å²) < 4.78 is 71.3. The number of pyridine rings is 1. The molecule has 0 saturated heterocycles. The van der Waals surface area contributed by atoms with Gasteiger partial charge in [0.2, 0.25) is 0 Å². The highest BCUT2D eigenvalue weighted by molar-refractivity contribution is 7.94. The number of nitrogen functional groups attached to an aromatic ring is 2. The monoisotopic (exact) mass is 777 g/mol. The molecule has 0 aliphatic carbocycles. The van der Waals surface area contributed by atoms with Crippen molar-refractivity contribution in [2.24, 2.45) is 30.7 Å². The highest BCUT2D eigenvalue weighted by Crippen LogP contribution is 2.46. The van der Waals surface area contributed by atoms with Gasteiger partial charge in [0.15, 0.2) is 5.75 Å². The molecule has 0 atom stereocenters. The van der Waals surface area contributed by atoms with Crippen molar-refractivity contribution in [3.8, 4) is 5.75 Å². The minimum absolute atomic E-state index is 0.0291. The second-order valence-electron chi connectivity index (χ2n) is 10.7. The van der Waals surface area contributed by atoms with Crippen molar-refractivity contribution in [2.45, 2.75) is 14.7 Å². The first-order valence-corrected chi connectivity index (χ1v) is 18.2. The van der Waals surface area contributed by atoms with E-state index < -0.39 is 35.8 Å². The number of nitrogens with zero attached hydrogens (tertiary/aromatic N) is 7. The van der Waals surface area contributed by atoms with Crippen LogP contribution in [0, 0.1) is 0 Å². The van der Waals surface area contributed by atoms with Crippen LogP contribution in [0.25, 0.3) is 21.5 Å². The van der Waals surface area contributed by atoms with Gasteiger partial charge in [0.1, 0.15) is 22.0 Å². The molecule has 6 aromatic rings. The van der Waals surface area contributed by atoms with E-state index in [9.17, 15) is 31.0 Å². The van der Waals surface area contributed by atoms with E-state index in [-0.39, 0.29) is 49.8 Å². The van der Waals surface area contributed by atoms with Crippen molar-refractivity contribution in [3.05, 3.63) is 91.3 Å². The summed E-state index contributed by atoms with van der Waals surface area (Å²) in [5.74, 6) is -0.446. The summed E-state index contributed by atoms with van der Waals surface area (Å²) >= 11 is 0.479. The Morgan fingerprint density at radius 1 is 0.679 bits per heavy atom. The Hall–Kier alpha value is -5.98. The number of hydrogen-bond acceptors (Lipinski definition) is 18. The van der Waals surface area contributed by atoms with Gasteiger partial charge < -0.3 is 16.6 Å². The van der Waals surface area contributed by atoms with Gasteiger partial charge in [-0.2, -0.15) is 21.9 Å². The summed E-state index contributed by atoms with van der Waals surface area (Å²) in [6.07, 6.45) is 3.06. The number of phenolic OH excluding ortho intramolecular Hbond substituents is 1. The number of nitrogens with two attached hydrogens (primary N) is 2. The molecule has 8 N–H and O–H groups in total. The molecule has 0 radical (unpaired) electrons. The molecule has 0 aliphatic rings. The lowest BCUT2D eigenvalue weighted by atomic mass is 10.1. The van der Waals surface area contributed by atoms with E-state index in [1.54, 1.807) is 30.5 Å². The summed E-state index contributed by atoms with van der Waals surface area (Å²) in [4.78, 5) is 3.05. The largest absolute Gasteiger partial charge is 0.505 e. The number of anilines is 2. The molecule has 0 aliphatic heterocycles. The summed E-state index contributed by atoms with van der Waals surface area (Å²) in [6.45, 7) is 0. The van der Waals surface area contributed by atoms with E-state index in [2.05, 4.69) is 45.0 Å². The number of aromatic hydroxyl groups is 1. The van der Waals surface area contributed by atoms with Crippen LogP contribution in [0.15, 0.2) is 137 Å². The molecule has 5 aromatic carbocycles. The lowest BCUT2D eigenvalue weighted by Gasteiger charge is -2.10. The van der Waals surface area contributed by atoms with E-state index in [1.807, 2.05) is 0 Å². The molecule has 0 unspecified atom stereocenters. The van der Waals surface area contributed by atoms with E-state index >= 15 is 0 Å². The second-order valence-corrected chi connectivity index (χ2v) is 14.3. The zero-order valence-electron chi connectivity index (χ0n) is 26.4. The molecule has 0 amide bonds. The van der Waals surface area contributed by atoms with Crippen LogP contribution in [0.5, 0.6) is 5.75 Å². The van der Waals surface area contributed by atoms with E-state index in [4.69, 9.17) is 16.7 Å². The summed E-state index contributed by atoms with van der Waals surface area (Å²) in [6, 6.07) is 18.2. The summed E-state index contributed by atoms with van der Waals surface area (Å²) in [7, 11) is -9.32. The van der Waals surface area contributed by atoms with Gasteiger partial charge in [-0.1, -0.05) is 17.2 Å². The molecule has 6 rings (SSSR count). The molecule has 0 saturated carbocycles. The number of aromatic nitrogens is 1. The molecule has 1 heterocycles. The smallest absolute Gasteiger partial charge is 0.296 e. The maximum Gasteiger partial charge on any atom is 0.296 e. The molecular weight excluding hydrogens is 755 g/mol. The molecule has 22 heteroatoms. The fourth-order valence-corrected chi connectivity index (χ4v) is 6.51. The van der Waals surface area contributed by atoms with Crippen LogP contribution in [-0.4, -0.2) is 41.3 Å². The normalized spacial score (nSPS) is 12.6. The van der Waals surface area contributed by atoms with Gasteiger partial charge in [0, 0.05) is 22.4 Å². The van der Waals surface area contributed by atoms with E-state index in [1.165, 1.54) is 48.7 Å². The van der Waals surface area contributed by atoms with Crippen LogP contribution in [0.1, 0.15) is 0 Å². The Balaban J connectivity index is 1.44. The van der Waals surface area contributed by atoms with Crippen LogP contribution in [-0.2, 0) is 29.6 Å². The zero-order chi connectivity index (χ0) is 37.9. The molecular formula is C31H23N9O10S3. The predicted octanol–water partition coefficient (Wildman–Crippen LogP) is 8.43. The van der Waals surface area contributed by atoms with Crippen molar-refractivity contribution in [1.29, 1.82) is 0 Å². The third-order valence-electron chi connectivity index (χ3n) is 7.32. The first-order valence-electron chi connectivity index (χ1n) is 14.5. The highest BCUT2D eigenvalue weighted by atomic mass is 32.2. The van der Waals surface area contributed by atoms with Crippen molar-refractivity contribution >= 4 is 99.3 Å². The Labute approximate surface area is 302 Å². The van der Waals surface area contributed by atoms with Crippen LogP contribution >= 0.6 is 12.0 Å². The number of hydrogen-bond donors (Lipinski definition) is 6. The van der Waals surface area contributed by atoms with Crippen molar-refractivity contribution in [2.75, 3.05) is 11.5 Å². The molecule has 270 valence electrons. The topological polar surface area (TPSA) is 307 Å². The van der Waals surface area contributed by atoms with Gasteiger partial charge in [-0.3, -0.25) is 14.1 Å². The predicted molar refractivity (Wildman–Crippen MR) is 192 cm³/mol. The molecule has 0 fully saturated rings. The van der Waals surface area contributed by atoms with E-state index in [0.717, 1.165) is 12.1 Å². The first-order chi connectivity index (χ1) is 25.2. The number of phenols is 1. The van der Waals surface area contributed by atoms with Gasteiger partial charge in [0.25, 0.3) is 20.2 Å².